The Bertz CT molecular complexity index is 534. The molecule has 5 heteroatoms. The van der Waals surface area contributed by atoms with Gasteiger partial charge in [0.1, 0.15) is 5.82 Å². The number of hydrogen-bond acceptors (Lipinski definition) is 2. The van der Waals surface area contributed by atoms with Crippen LogP contribution in [0.15, 0.2) is 24.3 Å². The van der Waals surface area contributed by atoms with Gasteiger partial charge in [0.15, 0.2) is 0 Å². The van der Waals surface area contributed by atoms with Gasteiger partial charge in [-0.25, -0.2) is 9.18 Å². The lowest BCUT2D eigenvalue weighted by molar-refractivity contribution is 0.193. The standard InChI is InChI=1S/C18H25FN2OS/c19-16-9-5-4-8-15(16)17-10-11-21(12-13-23-17)18(22)20-14-6-2-1-3-7-14/h4-5,8-9,14,17H,1-3,6-7,10-13H2,(H,20,22). The number of carbonyl (C=O) groups is 1. The zero-order valence-corrected chi connectivity index (χ0v) is 14.3. The number of nitrogens with zero attached hydrogens (tertiary/aromatic N) is 1. The van der Waals surface area contributed by atoms with E-state index >= 15 is 0 Å². The smallest absolute Gasteiger partial charge is 0.317 e. The van der Waals surface area contributed by atoms with E-state index in [1.165, 1.54) is 25.3 Å². The monoisotopic (exact) mass is 336 g/mol. The van der Waals surface area contributed by atoms with Crippen LogP contribution in [0.3, 0.4) is 0 Å². The largest absolute Gasteiger partial charge is 0.335 e. The second kappa shape index (κ2) is 8.04. The summed E-state index contributed by atoms with van der Waals surface area (Å²) in [6, 6.07) is 7.40. The van der Waals surface area contributed by atoms with Crippen molar-refractivity contribution in [3.63, 3.8) is 0 Å². The fourth-order valence-electron chi connectivity index (χ4n) is 3.47. The minimum Gasteiger partial charge on any atom is -0.335 e. The molecule has 1 N–H and O–H groups in total. The Morgan fingerprint density at radius 1 is 1.13 bits per heavy atom. The first-order valence-corrected chi connectivity index (χ1v) is 9.70. The number of rotatable bonds is 2. The maximum atomic E-state index is 14.0. The summed E-state index contributed by atoms with van der Waals surface area (Å²) in [5.41, 5.74) is 0.770. The van der Waals surface area contributed by atoms with Crippen molar-refractivity contribution >= 4 is 17.8 Å². The van der Waals surface area contributed by atoms with Crippen LogP contribution in [0.5, 0.6) is 0 Å². The van der Waals surface area contributed by atoms with Crippen molar-refractivity contribution in [3.05, 3.63) is 35.6 Å². The third-order valence-corrected chi connectivity index (χ3v) is 6.12. The van der Waals surface area contributed by atoms with Crippen molar-refractivity contribution in [2.24, 2.45) is 0 Å². The van der Waals surface area contributed by atoms with Gasteiger partial charge in [-0.2, -0.15) is 11.8 Å². The fraction of sp³-hybridized carbons (Fsp3) is 0.611. The summed E-state index contributed by atoms with van der Waals surface area (Å²) in [5.74, 6) is 0.724. The molecule has 3 nitrogen and oxygen atoms in total. The van der Waals surface area contributed by atoms with Gasteiger partial charge in [0.25, 0.3) is 0 Å². The van der Waals surface area contributed by atoms with E-state index in [-0.39, 0.29) is 17.1 Å². The molecule has 1 unspecified atom stereocenters. The van der Waals surface area contributed by atoms with Crippen molar-refractivity contribution < 1.29 is 9.18 Å². The molecule has 1 aliphatic carbocycles. The Morgan fingerprint density at radius 2 is 1.91 bits per heavy atom. The lowest BCUT2D eigenvalue weighted by Crippen LogP contribution is -2.46. The summed E-state index contributed by atoms with van der Waals surface area (Å²) in [5, 5.41) is 3.33. The average molecular weight is 336 g/mol. The SMILES string of the molecule is O=C(NC1CCCCC1)N1CCSC(c2ccccc2F)CC1. The maximum absolute atomic E-state index is 14.0. The Morgan fingerprint density at radius 3 is 2.70 bits per heavy atom. The first-order valence-electron chi connectivity index (χ1n) is 8.65. The predicted octanol–water partition coefficient (Wildman–Crippen LogP) is 4.35. The van der Waals surface area contributed by atoms with E-state index in [1.807, 2.05) is 17.0 Å². The van der Waals surface area contributed by atoms with Crippen molar-refractivity contribution in [3.8, 4) is 0 Å². The number of hydrogen-bond donors (Lipinski definition) is 1. The molecule has 1 heterocycles. The molecule has 0 spiro atoms. The molecule has 23 heavy (non-hydrogen) atoms. The van der Waals surface area contributed by atoms with Crippen molar-refractivity contribution in [1.29, 1.82) is 0 Å². The maximum Gasteiger partial charge on any atom is 0.317 e. The Hall–Kier alpha value is -1.23. The molecule has 2 fully saturated rings. The summed E-state index contributed by atoms with van der Waals surface area (Å²) in [4.78, 5) is 14.4. The summed E-state index contributed by atoms with van der Waals surface area (Å²) < 4.78 is 14.0. The highest BCUT2D eigenvalue weighted by molar-refractivity contribution is 7.99. The van der Waals surface area contributed by atoms with Crippen LogP contribution < -0.4 is 5.32 Å². The van der Waals surface area contributed by atoms with Crippen LogP contribution in [0, 0.1) is 5.82 Å². The quantitative estimate of drug-likeness (QED) is 0.871. The highest BCUT2D eigenvalue weighted by atomic mass is 32.2. The van der Waals surface area contributed by atoms with Gasteiger partial charge in [0.2, 0.25) is 0 Å². The van der Waals surface area contributed by atoms with Gasteiger partial charge in [0, 0.05) is 35.7 Å². The molecule has 1 saturated carbocycles. The third kappa shape index (κ3) is 4.40. The molecule has 0 aromatic heterocycles. The molecule has 1 aromatic rings. The predicted molar refractivity (Wildman–Crippen MR) is 93.2 cm³/mol. The Labute approximate surface area is 142 Å². The summed E-state index contributed by atoms with van der Waals surface area (Å²) in [6.07, 6.45) is 6.74. The highest BCUT2D eigenvalue weighted by Gasteiger charge is 2.25. The van der Waals surface area contributed by atoms with Crippen LogP contribution in [0.1, 0.15) is 49.3 Å². The molecule has 1 atom stereocenters. The number of carbonyl (C=O) groups excluding carboxylic acids is 1. The van der Waals surface area contributed by atoms with Gasteiger partial charge in [0.05, 0.1) is 0 Å². The molecule has 1 aromatic carbocycles. The number of urea groups is 1. The van der Waals surface area contributed by atoms with Crippen molar-refractivity contribution in [1.82, 2.24) is 10.2 Å². The van der Waals surface area contributed by atoms with Crippen LogP contribution >= 0.6 is 11.8 Å². The number of benzene rings is 1. The van der Waals surface area contributed by atoms with Gasteiger partial charge in [-0.15, -0.1) is 0 Å². The number of halogens is 1. The van der Waals surface area contributed by atoms with E-state index in [9.17, 15) is 9.18 Å². The fourth-order valence-corrected chi connectivity index (χ4v) is 4.72. The second-order valence-corrected chi connectivity index (χ2v) is 7.75. The van der Waals surface area contributed by atoms with Gasteiger partial charge >= 0.3 is 6.03 Å². The molecule has 0 radical (unpaired) electrons. The highest BCUT2D eigenvalue weighted by Crippen LogP contribution is 2.35. The van der Waals surface area contributed by atoms with Gasteiger partial charge in [-0.1, -0.05) is 37.5 Å². The third-order valence-electron chi connectivity index (χ3n) is 4.81. The van der Waals surface area contributed by atoms with Crippen LogP contribution in [-0.4, -0.2) is 35.8 Å². The molecule has 126 valence electrons. The Kier molecular flexibility index (Phi) is 5.81. The van der Waals surface area contributed by atoms with E-state index in [4.69, 9.17) is 0 Å². The summed E-state index contributed by atoms with van der Waals surface area (Å²) in [6.45, 7) is 1.44. The lowest BCUT2D eigenvalue weighted by Gasteiger charge is -2.27. The minimum absolute atomic E-state index is 0.0617. The van der Waals surface area contributed by atoms with Gasteiger partial charge < -0.3 is 10.2 Å². The number of thioether (sulfide) groups is 1. The van der Waals surface area contributed by atoms with E-state index in [1.54, 1.807) is 17.8 Å². The normalized spacial score (nSPS) is 23.3. The van der Waals surface area contributed by atoms with Crippen molar-refractivity contribution in [2.75, 3.05) is 18.8 Å². The molecular formula is C18H25FN2OS. The summed E-state index contributed by atoms with van der Waals surface area (Å²) >= 11 is 1.76. The van der Waals surface area contributed by atoms with Crippen LogP contribution in [0.25, 0.3) is 0 Å². The van der Waals surface area contributed by atoms with Crippen LogP contribution in [0.4, 0.5) is 9.18 Å². The first-order chi connectivity index (χ1) is 11.2. The van der Waals surface area contributed by atoms with E-state index < -0.39 is 0 Å². The minimum atomic E-state index is -0.134. The van der Waals surface area contributed by atoms with Gasteiger partial charge in [-0.3, -0.25) is 0 Å². The zero-order chi connectivity index (χ0) is 16.1. The zero-order valence-electron chi connectivity index (χ0n) is 13.5. The molecule has 1 saturated heterocycles. The molecule has 2 amide bonds. The molecular weight excluding hydrogens is 311 g/mol. The van der Waals surface area contributed by atoms with Crippen LogP contribution in [0.2, 0.25) is 0 Å². The van der Waals surface area contributed by atoms with Gasteiger partial charge in [-0.05, 0) is 25.3 Å². The Balaban J connectivity index is 1.55. The van der Waals surface area contributed by atoms with Crippen LogP contribution in [-0.2, 0) is 0 Å². The number of amides is 2. The first kappa shape index (κ1) is 16.6. The topological polar surface area (TPSA) is 32.3 Å². The molecule has 3 rings (SSSR count). The average Bonchev–Trinajstić information content (AvgIpc) is 2.82. The summed E-state index contributed by atoms with van der Waals surface area (Å²) in [7, 11) is 0. The molecule has 0 bridgehead atoms. The second-order valence-electron chi connectivity index (χ2n) is 6.44. The molecule has 1 aliphatic heterocycles. The van der Waals surface area contributed by atoms with Crippen molar-refractivity contribution in [2.45, 2.75) is 49.8 Å². The van der Waals surface area contributed by atoms with E-state index in [2.05, 4.69) is 5.32 Å². The lowest BCUT2D eigenvalue weighted by atomic mass is 9.96. The van der Waals surface area contributed by atoms with E-state index in [0.29, 0.717) is 12.6 Å². The van der Waals surface area contributed by atoms with E-state index in [0.717, 1.165) is 37.1 Å². The number of nitrogens with one attached hydrogen (secondary N) is 1. The molecule has 2 aliphatic rings.